The van der Waals surface area contributed by atoms with Crippen molar-refractivity contribution in [1.82, 2.24) is 9.97 Å². The van der Waals surface area contributed by atoms with E-state index in [0.717, 1.165) is 37.8 Å². The molecule has 0 radical (unpaired) electrons. The molecule has 1 aromatic rings. The Balaban J connectivity index is 1.78. The smallest absolute Gasteiger partial charge is 0.134 e. The third-order valence-electron chi connectivity index (χ3n) is 3.81. The number of hydrogen-bond acceptors (Lipinski definition) is 5. The normalized spacial score (nSPS) is 27.9. The molecular weight excluding hydrogens is 240 g/mol. The van der Waals surface area contributed by atoms with Crippen molar-refractivity contribution in [1.29, 1.82) is 0 Å². The molecule has 0 N–H and O–H groups in total. The van der Waals surface area contributed by atoms with Crippen LogP contribution in [0.5, 0.6) is 0 Å². The summed E-state index contributed by atoms with van der Waals surface area (Å²) in [7, 11) is 0. The second-order valence-corrected chi connectivity index (χ2v) is 5.59. The first-order valence-corrected chi connectivity index (χ1v) is 7.20. The van der Waals surface area contributed by atoms with E-state index >= 15 is 0 Å². The number of aromatic nitrogens is 2. The highest BCUT2D eigenvalue weighted by atomic mass is 16.5. The van der Waals surface area contributed by atoms with Crippen molar-refractivity contribution in [2.24, 2.45) is 0 Å². The Bertz CT molecular complexity index is 423. The molecule has 2 aliphatic heterocycles. The fraction of sp³-hybridized carbons (Fsp3) is 0.714. The van der Waals surface area contributed by atoms with Crippen LogP contribution in [0.2, 0.25) is 0 Å². The molecule has 0 aliphatic carbocycles. The lowest BCUT2D eigenvalue weighted by Gasteiger charge is -2.36. The topological polar surface area (TPSA) is 41.5 Å². The van der Waals surface area contributed by atoms with Crippen molar-refractivity contribution in [3.05, 3.63) is 12.4 Å². The van der Waals surface area contributed by atoms with Crippen LogP contribution in [0.15, 0.2) is 12.4 Å². The zero-order valence-electron chi connectivity index (χ0n) is 11.7. The first-order chi connectivity index (χ1) is 9.22. The fourth-order valence-electron chi connectivity index (χ4n) is 2.99. The third kappa shape index (κ3) is 2.81. The Morgan fingerprint density at radius 2 is 1.58 bits per heavy atom. The van der Waals surface area contributed by atoms with Crippen LogP contribution in [0.1, 0.15) is 26.7 Å². The maximum Gasteiger partial charge on any atom is 0.134 e. The molecule has 0 aromatic carbocycles. The summed E-state index contributed by atoms with van der Waals surface area (Å²) in [4.78, 5) is 13.5. The van der Waals surface area contributed by atoms with E-state index in [2.05, 4.69) is 39.7 Å². The molecule has 5 heteroatoms. The molecule has 0 saturated carbocycles. The predicted octanol–water partition coefficient (Wildman–Crippen LogP) is 1.69. The zero-order chi connectivity index (χ0) is 13.2. The Hall–Kier alpha value is -1.36. The summed E-state index contributed by atoms with van der Waals surface area (Å²) < 4.78 is 5.77. The molecule has 104 valence electrons. The molecule has 2 unspecified atom stereocenters. The van der Waals surface area contributed by atoms with E-state index in [0.29, 0.717) is 0 Å². The number of nitrogens with zero attached hydrogens (tertiary/aromatic N) is 4. The van der Waals surface area contributed by atoms with Crippen molar-refractivity contribution >= 4 is 11.6 Å². The van der Waals surface area contributed by atoms with Gasteiger partial charge in [-0.2, -0.15) is 0 Å². The van der Waals surface area contributed by atoms with Gasteiger partial charge < -0.3 is 14.5 Å². The highest BCUT2D eigenvalue weighted by molar-refractivity contribution is 5.50. The third-order valence-corrected chi connectivity index (χ3v) is 3.81. The molecule has 0 amide bonds. The maximum atomic E-state index is 5.77. The van der Waals surface area contributed by atoms with Gasteiger partial charge in [0.1, 0.15) is 18.0 Å². The minimum atomic E-state index is 0.258. The minimum Gasteiger partial charge on any atom is -0.372 e. The molecule has 0 bridgehead atoms. The SMILES string of the molecule is CC1CN(c2cc(N3CCCC3)ncn2)CC(C)O1. The van der Waals surface area contributed by atoms with Gasteiger partial charge in [-0.1, -0.05) is 0 Å². The highest BCUT2D eigenvalue weighted by Gasteiger charge is 2.24. The van der Waals surface area contributed by atoms with Gasteiger partial charge in [-0.3, -0.25) is 0 Å². The van der Waals surface area contributed by atoms with Crippen LogP contribution in [-0.4, -0.2) is 48.4 Å². The number of hydrogen-bond donors (Lipinski definition) is 0. The second-order valence-electron chi connectivity index (χ2n) is 5.59. The average Bonchev–Trinajstić information content (AvgIpc) is 2.92. The average molecular weight is 262 g/mol. The largest absolute Gasteiger partial charge is 0.372 e. The molecule has 0 spiro atoms. The maximum absolute atomic E-state index is 5.77. The van der Waals surface area contributed by atoms with E-state index in [1.54, 1.807) is 6.33 Å². The number of anilines is 2. The van der Waals surface area contributed by atoms with Crippen molar-refractivity contribution in [3.8, 4) is 0 Å². The lowest BCUT2D eigenvalue weighted by atomic mass is 10.2. The predicted molar refractivity (Wildman–Crippen MR) is 75.7 cm³/mol. The Morgan fingerprint density at radius 3 is 2.21 bits per heavy atom. The summed E-state index contributed by atoms with van der Waals surface area (Å²) in [5.41, 5.74) is 0. The number of morpholine rings is 1. The molecule has 1 aromatic heterocycles. The van der Waals surface area contributed by atoms with E-state index in [9.17, 15) is 0 Å². The van der Waals surface area contributed by atoms with Gasteiger partial charge in [0, 0.05) is 32.2 Å². The van der Waals surface area contributed by atoms with Gasteiger partial charge >= 0.3 is 0 Å². The molecule has 2 saturated heterocycles. The Morgan fingerprint density at radius 1 is 1.00 bits per heavy atom. The van der Waals surface area contributed by atoms with Crippen molar-refractivity contribution in [2.45, 2.75) is 38.9 Å². The number of ether oxygens (including phenoxy) is 1. The highest BCUT2D eigenvalue weighted by Crippen LogP contribution is 2.23. The summed E-state index contributed by atoms with van der Waals surface area (Å²) in [6.07, 6.45) is 4.74. The van der Waals surface area contributed by atoms with Crippen molar-refractivity contribution < 1.29 is 4.74 Å². The van der Waals surface area contributed by atoms with Gasteiger partial charge in [0.2, 0.25) is 0 Å². The zero-order valence-corrected chi connectivity index (χ0v) is 11.7. The van der Waals surface area contributed by atoms with E-state index < -0.39 is 0 Å². The van der Waals surface area contributed by atoms with Crippen LogP contribution >= 0.6 is 0 Å². The number of rotatable bonds is 2. The molecule has 2 fully saturated rings. The van der Waals surface area contributed by atoms with Crippen LogP contribution in [0.4, 0.5) is 11.6 Å². The summed E-state index contributed by atoms with van der Waals surface area (Å²) >= 11 is 0. The molecule has 3 rings (SSSR count). The fourth-order valence-corrected chi connectivity index (χ4v) is 2.99. The van der Waals surface area contributed by atoms with Crippen LogP contribution in [-0.2, 0) is 4.74 Å². The lowest BCUT2D eigenvalue weighted by molar-refractivity contribution is -0.00546. The first-order valence-electron chi connectivity index (χ1n) is 7.20. The minimum absolute atomic E-state index is 0.258. The van der Waals surface area contributed by atoms with Gasteiger partial charge in [0.15, 0.2) is 0 Å². The molecule has 3 heterocycles. The van der Waals surface area contributed by atoms with Gasteiger partial charge in [-0.15, -0.1) is 0 Å². The monoisotopic (exact) mass is 262 g/mol. The molecule has 19 heavy (non-hydrogen) atoms. The Labute approximate surface area is 114 Å². The molecule has 2 aliphatic rings. The molecule has 2 atom stereocenters. The Kier molecular flexibility index (Phi) is 3.55. The summed E-state index contributed by atoms with van der Waals surface area (Å²) in [5.74, 6) is 2.09. The molecule has 5 nitrogen and oxygen atoms in total. The van der Waals surface area contributed by atoms with E-state index in [4.69, 9.17) is 4.74 Å². The first kappa shape index (κ1) is 12.7. The second kappa shape index (κ2) is 5.33. The lowest BCUT2D eigenvalue weighted by Crippen LogP contribution is -2.45. The van der Waals surface area contributed by atoms with Crippen LogP contribution in [0, 0.1) is 0 Å². The summed E-state index contributed by atoms with van der Waals surface area (Å²) in [6.45, 7) is 8.27. The molecular formula is C14H22N4O. The van der Waals surface area contributed by atoms with E-state index in [1.165, 1.54) is 12.8 Å². The van der Waals surface area contributed by atoms with Gasteiger partial charge in [-0.05, 0) is 26.7 Å². The van der Waals surface area contributed by atoms with Crippen LogP contribution in [0.3, 0.4) is 0 Å². The standard InChI is InChI=1S/C14H22N4O/c1-11-8-18(9-12(2)19-11)14-7-13(15-10-16-14)17-5-3-4-6-17/h7,10-12H,3-6,8-9H2,1-2H3. The quantitative estimate of drug-likeness (QED) is 0.811. The van der Waals surface area contributed by atoms with Crippen LogP contribution in [0.25, 0.3) is 0 Å². The van der Waals surface area contributed by atoms with Crippen LogP contribution < -0.4 is 9.80 Å². The summed E-state index contributed by atoms with van der Waals surface area (Å²) in [6, 6.07) is 2.12. The van der Waals surface area contributed by atoms with Crippen molar-refractivity contribution in [2.75, 3.05) is 36.0 Å². The van der Waals surface area contributed by atoms with Gasteiger partial charge in [0.05, 0.1) is 12.2 Å². The van der Waals surface area contributed by atoms with Gasteiger partial charge in [0.25, 0.3) is 0 Å². The van der Waals surface area contributed by atoms with E-state index in [1.807, 2.05) is 0 Å². The van der Waals surface area contributed by atoms with E-state index in [-0.39, 0.29) is 12.2 Å². The van der Waals surface area contributed by atoms with Crippen molar-refractivity contribution in [3.63, 3.8) is 0 Å². The van der Waals surface area contributed by atoms with Gasteiger partial charge in [-0.25, -0.2) is 9.97 Å². The summed E-state index contributed by atoms with van der Waals surface area (Å²) in [5, 5.41) is 0.